The number of hydrogen-bond donors (Lipinski definition) is 1. The second kappa shape index (κ2) is 7.75. The molecule has 0 aromatic heterocycles. The van der Waals surface area contributed by atoms with Crippen LogP contribution in [0.5, 0.6) is 0 Å². The highest BCUT2D eigenvalue weighted by Crippen LogP contribution is 2.27. The van der Waals surface area contributed by atoms with Crippen LogP contribution in [-0.2, 0) is 4.79 Å². The number of rotatable bonds is 5. The quantitative estimate of drug-likeness (QED) is 0.847. The van der Waals surface area contributed by atoms with E-state index >= 15 is 0 Å². The number of hydrogen-bond acceptors (Lipinski definition) is 3. The van der Waals surface area contributed by atoms with Crippen molar-refractivity contribution in [1.29, 1.82) is 5.26 Å². The molecule has 0 saturated heterocycles. The topological polar surface area (TPSA) is 52.9 Å². The lowest BCUT2D eigenvalue weighted by molar-refractivity contribution is -0.120. The molecule has 1 N–H and O–H groups in total. The third-order valence-corrected chi connectivity index (χ3v) is 3.97. The highest BCUT2D eigenvalue weighted by molar-refractivity contribution is 7.98. The molecular formula is C17H14F2N2OS. The van der Waals surface area contributed by atoms with E-state index in [2.05, 4.69) is 5.32 Å². The van der Waals surface area contributed by atoms with Crippen LogP contribution in [0.4, 0.5) is 8.78 Å². The van der Waals surface area contributed by atoms with Gasteiger partial charge in [0, 0.05) is 4.90 Å². The van der Waals surface area contributed by atoms with Crippen molar-refractivity contribution in [2.45, 2.75) is 17.4 Å². The smallest absolute Gasteiger partial charge is 0.234 e. The third-order valence-electron chi connectivity index (χ3n) is 3.25. The van der Waals surface area contributed by atoms with Crippen LogP contribution >= 0.6 is 11.8 Å². The Hall–Kier alpha value is -2.39. The van der Waals surface area contributed by atoms with Crippen molar-refractivity contribution in [2.75, 3.05) is 6.26 Å². The fourth-order valence-corrected chi connectivity index (χ4v) is 2.62. The molecule has 118 valence electrons. The number of carbonyl (C=O) groups is 1. The van der Waals surface area contributed by atoms with Gasteiger partial charge in [-0.25, -0.2) is 8.78 Å². The van der Waals surface area contributed by atoms with Crippen molar-refractivity contribution >= 4 is 17.7 Å². The Bertz CT molecular complexity index is 758. The fraction of sp³-hybridized carbons (Fsp3) is 0.176. The number of carbonyl (C=O) groups excluding carboxylic acids is 1. The predicted molar refractivity (Wildman–Crippen MR) is 84.8 cm³/mol. The molecule has 0 aliphatic heterocycles. The molecule has 6 heteroatoms. The molecule has 2 aromatic rings. The molecule has 0 aliphatic rings. The van der Waals surface area contributed by atoms with Crippen molar-refractivity contribution in [3.8, 4) is 6.07 Å². The summed E-state index contributed by atoms with van der Waals surface area (Å²) in [5.74, 6) is -2.41. The Morgan fingerprint density at radius 1 is 1.22 bits per heavy atom. The molecule has 3 nitrogen and oxygen atoms in total. The second-order valence-electron chi connectivity index (χ2n) is 4.79. The average molecular weight is 332 g/mol. The van der Waals surface area contributed by atoms with E-state index in [1.54, 1.807) is 12.1 Å². The maximum Gasteiger partial charge on any atom is 0.234 e. The van der Waals surface area contributed by atoms with Gasteiger partial charge >= 0.3 is 0 Å². The molecule has 0 unspecified atom stereocenters. The van der Waals surface area contributed by atoms with Crippen LogP contribution < -0.4 is 5.32 Å². The average Bonchev–Trinajstić information content (AvgIpc) is 2.55. The summed E-state index contributed by atoms with van der Waals surface area (Å²) in [7, 11) is 0. The Labute approximate surface area is 137 Å². The summed E-state index contributed by atoms with van der Waals surface area (Å²) in [4.78, 5) is 12.8. The summed E-state index contributed by atoms with van der Waals surface area (Å²) >= 11 is 1.53. The van der Waals surface area contributed by atoms with Crippen LogP contribution in [0.15, 0.2) is 47.4 Å². The van der Waals surface area contributed by atoms with Gasteiger partial charge in [-0.15, -0.1) is 11.8 Å². The molecule has 0 heterocycles. The van der Waals surface area contributed by atoms with E-state index in [0.29, 0.717) is 5.56 Å². The number of thioether (sulfide) groups is 1. The summed E-state index contributed by atoms with van der Waals surface area (Å²) in [5, 5.41) is 11.3. The normalized spacial score (nSPS) is 11.6. The van der Waals surface area contributed by atoms with Gasteiger partial charge in [0.1, 0.15) is 6.42 Å². The SMILES string of the molecule is CSc1cccc([C@@H](NC(=O)CC#N)c2ccc(F)c(F)c2)c1. The number of nitrogens with zero attached hydrogens (tertiary/aromatic N) is 1. The summed E-state index contributed by atoms with van der Waals surface area (Å²) in [6.07, 6.45) is 1.61. The van der Waals surface area contributed by atoms with Crippen LogP contribution in [0.3, 0.4) is 0 Å². The van der Waals surface area contributed by atoms with E-state index in [-0.39, 0.29) is 6.42 Å². The van der Waals surface area contributed by atoms with Gasteiger partial charge in [0.25, 0.3) is 0 Å². The lowest BCUT2D eigenvalue weighted by atomic mass is 9.98. The Kier molecular flexibility index (Phi) is 5.72. The molecule has 0 saturated carbocycles. The zero-order valence-electron chi connectivity index (χ0n) is 12.3. The number of nitrogens with one attached hydrogen (secondary N) is 1. The molecule has 2 rings (SSSR count). The minimum atomic E-state index is -0.983. The first-order valence-electron chi connectivity index (χ1n) is 6.80. The highest BCUT2D eigenvalue weighted by Gasteiger charge is 2.18. The number of amides is 1. The van der Waals surface area contributed by atoms with Gasteiger partial charge in [-0.3, -0.25) is 4.79 Å². The molecule has 1 atom stereocenters. The first-order chi connectivity index (χ1) is 11.0. The summed E-state index contributed by atoms with van der Waals surface area (Å²) < 4.78 is 26.7. The molecule has 23 heavy (non-hydrogen) atoms. The van der Waals surface area contributed by atoms with Crippen molar-refractivity contribution in [3.63, 3.8) is 0 Å². The van der Waals surface area contributed by atoms with E-state index in [9.17, 15) is 13.6 Å². The summed E-state index contributed by atoms with van der Waals surface area (Å²) in [6, 6.07) is 12.0. The largest absolute Gasteiger partial charge is 0.344 e. The van der Waals surface area contributed by atoms with E-state index in [0.717, 1.165) is 22.6 Å². The molecule has 2 aromatic carbocycles. The lowest BCUT2D eigenvalue weighted by Gasteiger charge is -2.20. The molecule has 0 bridgehead atoms. The number of nitriles is 1. The van der Waals surface area contributed by atoms with Gasteiger partial charge < -0.3 is 5.32 Å². The van der Waals surface area contributed by atoms with Crippen molar-refractivity contribution < 1.29 is 13.6 Å². The Balaban J connectivity index is 2.43. The minimum Gasteiger partial charge on any atom is -0.344 e. The van der Waals surface area contributed by atoms with Crippen LogP contribution in [0.1, 0.15) is 23.6 Å². The molecule has 1 amide bonds. The van der Waals surface area contributed by atoms with Crippen LogP contribution in [0.25, 0.3) is 0 Å². The molecule has 0 spiro atoms. The van der Waals surface area contributed by atoms with Crippen molar-refractivity contribution in [1.82, 2.24) is 5.32 Å². The van der Waals surface area contributed by atoms with Gasteiger partial charge in [0.2, 0.25) is 5.91 Å². The predicted octanol–water partition coefficient (Wildman–Crippen LogP) is 3.81. The van der Waals surface area contributed by atoms with Gasteiger partial charge in [-0.1, -0.05) is 18.2 Å². The van der Waals surface area contributed by atoms with E-state index in [1.807, 2.05) is 24.5 Å². The van der Waals surface area contributed by atoms with E-state index < -0.39 is 23.6 Å². The van der Waals surface area contributed by atoms with Crippen LogP contribution in [-0.4, -0.2) is 12.2 Å². The first-order valence-corrected chi connectivity index (χ1v) is 8.03. The summed E-state index contributed by atoms with van der Waals surface area (Å²) in [5.41, 5.74) is 1.14. The van der Waals surface area contributed by atoms with Gasteiger partial charge in [0.15, 0.2) is 11.6 Å². The second-order valence-corrected chi connectivity index (χ2v) is 5.67. The molecular weight excluding hydrogens is 318 g/mol. The number of halogens is 2. The van der Waals surface area contributed by atoms with Crippen LogP contribution in [0, 0.1) is 23.0 Å². The molecule has 0 aliphatic carbocycles. The lowest BCUT2D eigenvalue weighted by Crippen LogP contribution is -2.29. The monoisotopic (exact) mass is 332 g/mol. The minimum absolute atomic E-state index is 0.303. The standard InChI is InChI=1S/C17H14F2N2OS/c1-23-13-4-2-3-11(9-13)17(21-16(22)7-8-20)12-5-6-14(18)15(19)10-12/h2-6,9-10,17H,7H2,1H3,(H,21,22)/t17-/m1/s1. The zero-order chi connectivity index (χ0) is 16.8. The Morgan fingerprint density at radius 3 is 2.61 bits per heavy atom. The van der Waals surface area contributed by atoms with Gasteiger partial charge in [-0.05, 0) is 41.6 Å². The fourth-order valence-electron chi connectivity index (χ4n) is 2.16. The van der Waals surface area contributed by atoms with Gasteiger partial charge in [0.05, 0.1) is 12.1 Å². The molecule has 0 radical (unpaired) electrons. The van der Waals surface area contributed by atoms with Gasteiger partial charge in [-0.2, -0.15) is 5.26 Å². The highest BCUT2D eigenvalue weighted by atomic mass is 32.2. The first kappa shape index (κ1) is 17.0. The molecule has 0 fully saturated rings. The zero-order valence-corrected chi connectivity index (χ0v) is 13.2. The maximum atomic E-state index is 13.5. The maximum absolute atomic E-state index is 13.5. The van der Waals surface area contributed by atoms with E-state index in [1.165, 1.54) is 17.8 Å². The van der Waals surface area contributed by atoms with Crippen molar-refractivity contribution in [2.24, 2.45) is 0 Å². The summed E-state index contributed by atoms with van der Waals surface area (Å²) in [6.45, 7) is 0. The van der Waals surface area contributed by atoms with Crippen LogP contribution in [0.2, 0.25) is 0 Å². The van der Waals surface area contributed by atoms with Crippen molar-refractivity contribution in [3.05, 3.63) is 65.2 Å². The third kappa shape index (κ3) is 4.30. The van der Waals surface area contributed by atoms with E-state index in [4.69, 9.17) is 5.26 Å². The number of benzene rings is 2. The Morgan fingerprint density at radius 2 is 1.96 bits per heavy atom.